The van der Waals surface area contributed by atoms with Crippen LogP contribution in [0.15, 0.2) is 67.1 Å². The Morgan fingerprint density at radius 1 is 1.09 bits per heavy atom. The van der Waals surface area contributed by atoms with E-state index in [1.807, 2.05) is 36.8 Å². The summed E-state index contributed by atoms with van der Waals surface area (Å²) in [7, 11) is 0. The third-order valence-corrected chi connectivity index (χ3v) is 7.15. The SMILES string of the molecule is CC1=C(c2ccccc2)C(CC(=O)C2CCN(C(=O)Nc3cccc(Cl)c3)CC2)n2cncc21. The average Bonchev–Trinajstić information content (AvgIpc) is 3.43. The van der Waals surface area contributed by atoms with E-state index >= 15 is 0 Å². The van der Waals surface area contributed by atoms with Crippen LogP contribution in [0.1, 0.15) is 43.5 Å². The van der Waals surface area contributed by atoms with Gasteiger partial charge in [0.1, 0.15) is 5.78 Å². The number of aromatic nitrogens is 2. The summed E-state index contributed by atoms with van der Waals surface area (Å²) in [6.45, 7) is 3.23. The highest BCUT2D eigenvalue weighted by atomic mass is 35.5. The Bertz CT molecular complexity index is 1240. The Balaban J connectivity index is 1.23. The van der Waals surface area contributed by atoms with Gasteiger partial charge in [0.2, 0.25) is 0 Å². The summed E-state index contributed by atoms with van der Waals surface area (Å²) in [6.07, 6.45) is 5.49. The van der Waals surface area contributed by atoms with E-state index in [0.717, 1.165) is 11.3 Å². The fourth-order valence-electron chi connectivity index (χ4n) is 5.13. The summed E-state index contributed by atoms with van der Waals surface area (Å²) < 4.78 is 2.13. The standard InChI is InChI=1S/C27H27ClN4O2/c1-18-24-16-29-17-32(24)23(26(18)20-6-3-2-4-7-20)15-25(33)19-10-12-31(13-11-19)27(34)30-22-9-5-8-21(28)14-22/h2-9,14,16-17,19,23H,10-13,15H2,1H3,(H,30,34). The van der Waals surface area contributed by atoms with Crippen molar-refractivity contribution in [2.75, 3.05) is 18.4 Å². The third kappa shape index (κ3) is 4.38. The molecule has 1 atom stereocenters. The highest BCUT2D eigenvalue weighted by Crippen LogP contribution is 2.44. The van der Waals surface area contributed by atoms with E-state index in [2.05, 4.69) is 33.9 Å². The first kappa shape index (κ1) is 22.4. The van der Waals surface area contributed by atoms with E-state index in [1.165, 1.54) is 11.1 Å². The van der Waals surface area contributed by atoms with Crippen molar-refractivity contribution in [3.05, 3.63) is 83.4 Å². The predicted octanol–water partition coefficient (Wildman–Crippen LogP) is 5.93. The summed E-state index contributed by atoms with van der Waals surface area (Å²) in [5.74, 6) is 0.211. The van der Waals surface area contributed by atoms with Crippen LogP contribution in [-0.2, 0) is 4.79 Å². The number of hydrogen-bond acceptors (Lipinski definition) is 3. The molecule has 0 bridgehead atoms. The molecule has 6 nitrogen and oxygen atoms in total. The number of Topliss-reactive ketones (excluding diaryl/α,β-unsaturated/α-hetero) is 1. The van der Waals surface area contributed by atoms with Crippen LogP contribution < -0.4 is 5.32 Å². The van der Waals surface area contributed by atoms with Gasteiger partial charge in [-0.25, -0.2) is 9.78 Å². The third-order valence-electron chi connectivity index (χ3n) is 6.92. The van der Waals surface area contributed by atoms with Gasteiger partial charge in [0.05, 0.1) is 24.3 Å². The molecule has 0 aliphatic carbocycles. The number of imidazole rings is 1. The van der Waals surface area contributed by atoms with Crippen molar-refractivity contribution in [3.63, 3.8) is 0 Å². The fourth-order valence-corrected chi connectivity index (χ4v) is 5.32. The maximum absolute atomic E-state index is 13.4. The Morgan fingerprint density at radius 3 is 2.59 bits per heavy atom. The van der Waals surface area contributed by atoms with Crippen molar-refractivity contribution >= 4 is 40.2 Å². The second-order valence-corrected chi connectivity index (χ2v) is 9.42. The predicted molar refractivity (Wildman–Crippen MR) is 135 cm³/mol. The molecule has 3 aromatic rings. The van der Waals surface area contributed by atoms with Crippen molar-refractivity contribution in [2.45, 2.75) is 32.2 Å². The lowest BCUT2D eigenvalue weighted by atomic mass is 9.86. The number of carbonyl (C=O) groups excluding carboxylic acids is 2. The smallest absolute Gasteiger partial charge is 0.321 e. The number of halogens is 1. The fraction of sp³-hybridized carbons (Fsp3) is 0.296. The van der Waals surface area contributed by atoms with Gasteiger partial charge in [0.25, 0.3) is 0 Å². The maximum atomic E-state index is 13.4. The lowest BCUT2D eigenvalue weighted by Gasteiger charge is -2.32. The summed E-state index contributed by atoms with van der Waals surface area (Å²) in [6, 6.07) is 17.2. The number of fused-ring (bicyclic) bond motifs is 1. The molecule has 2 aromatic carbocycles. The van der Waals surface area contributed by atoms with E-state index in [4.69, 9.17) is 11.6 Å². The molecule has 1 fully saturated rings. The maximum Gasteiger partial charge on any atom is 0.321 e. The van der Waals surface area contributed by atoms with Gasteiger partial charge < -0.3 is 14.8 Å². The number of piperidine rings is 1. The molecule has 2 amide bonds. The molecule has 3 heterocycles. The Hall–Kier alpha value is -3.38. The number of likely N-dealkylation sites (tertiary alicyclic amines) is 1. The zero-order chi connectivity index (χ0) is 23.7. The minimum Gasteiger partial charge on any atom is -0.324 e. The van der Waals surface area contributed by atoms with Gasteiger partial charge in [-0.3, -0.25) is 4.79 Å². The van der Waals surface area contributed by atoms with Crippen LogP contribution in [0.2, 0.25) is 5.02 Å². The van der Waals surface area contributed by atoms with Crippen LogP contribution in [0.5, 0.6) is 0 Å². The largest absolute Gasteiger partial charge is 0.324 e. The monoisotopic (exact) mass is 474 g/mol. The molecule has 2 aliphatic rings. The average molecular weight is 475 g/mol. The van der Waals surface area contributed by atoms with Crippen LogP contribution in [-0.4, -0.2) is 39.4 Å². The number of ketones is 1. The molecule has 1 saturated heterocycles. The molecule has 0 saturated carbocycles. The lowest BCUT2D eigenvalue weighted by molar-refractivity contribution is -0.124. The van der Waals surface area contributed by atoms with E-state index in [1.54, 1.807) is 23.1 Å². The normalized spacial score (nSPS) is 18.2. The van der Waals surface area contributed by atoms with Crippen molar-refractivity contribution in [1.29, 1.82) is 0 Å². The molecule has 1 aromatic heterocycles. The number of benzene rings is 2. The Morgan fingerprint density at radius 2 is 1.85 bits per heavy atom. The topological polar surface area (TPSA) is 67.2 Å². The van der Waals surface area contributed by atoms with Crippen LogP contribution >= 0.6 is 11.6 Å². The molecule has 1 unspecified atom stereocenters. The first-order valence-electron chi connectivity index (χ1n) is 11.6. The molecule has 7 heteroatoms. The quantitative estimate of drug-likeness (QED) is 0.498. The lowest BCUT2D eigenvalue weighted by Crippen LogP contribution is -2.42. The van der Waals surface area contributed by atoms with Crippen LogP contribution in [0.4, 0.5) is 10.5 Å². The second kappa shape index (κ2) is 9.47. The number of rotatable bonds is 5. The Labute approximate surface area is 204 Å². The summed E-state index contributed by atoms with van der Waals surface area (Å²) >= 11 is 6.01. The van der Waals surface area contributed by atoms with Crippen LogP contribution in [0.3, 0.4) is 0 Å². The minimum absolute atomic E-state index is 0.0416. The Kier molecular flexibility index (Phi) is 6.24. The molecule has 0 spiro atoms. The number of carbonyl (C=O) groups is 2. The van der Waals surface area contributed by atoms with Gasteiger partial charge in [-0.05, 0) is 54.7 Å². The van der Waals surface area contributed by atoms with Crippen molar-refractivity contribution in [3.8, 4) is 0 Å². The molecule has 2 aliphatic heterocycles. The minimum atomic E-state index is -0.156. The van der Waals surface area contributed by atoms with Gasteiger partial charge in [-0.2, -0.15) is 0 Å². The van der Waals surface area contributed by atoms with Gasteiger partial charge >= 0.3 is 6.03 Å². The number of anilines is 1. The van der Waals surface area contributed by atoms with Crippen molar-refractivity contribution < 1.29 is 9.59 Å². The summed E-state index contributed by atoms with van der Waals surface area (Å²) in [5.41, 5.74) is 5.26. The van der Waals surface area contributed by atoms with E-state index in [0.29, 0.717) is 43.1 Å². The number of allylic oxidation sites excluding steroid dienone is 2. The van der Waals surface area contributed by atoms with Gasteiger partial charge in [-0.1, -0.05) is 48.0 Å². The molecule has 34 heavy (non-hydrogen) atoms. The summed E-state index contributed by atoms with van der Waals surface area (Å²) in [5, 5.41) is 3.47. The van der Waals surface area contributed by atoms with E-state index in [9.17, 15) is 9.59 Å². The summed E-state index contributed by atoms with van der Waals surface area (Å²) in [4.78, 5) is 32.1. The molecule has 5 rings (SSSR count). The highest BCUT2D eigenvalue weighted by Gasteiger charge is 2.34. The zero-order valence-corrected chi connectivity index (χ0v) is 19.8. The van der Waals surface area contributed by atoms with E-state index in [-0.39, 0.29) is 23.8 Å². The molecule has 174 valence electrons. The zero-order valence-electron chi connectivity index (χ0n) is 19.1. The molecule has 0 radical (unpaired) electrons. The molecular weight excluding hydrogens is 448 g/mol. The number of amides is 2. The molecular formula is C27H27ClN4O2. The van der Waals surface area contributed by atoms with Gasteiger partial charge in [-0.15, -0.1) is 0 Å². The first-order valence-corrected chi connectivity index (χ1v) is 12.0. The van der Waals surface area contributed by atoms with E-state index < -0.39 is 0 Å². The number of nitrogens with one attached hydrogen (secondary N) is 1. The first-order chi connectivity index (χ1) is 16.5. The number of hydrogen-bond donors (Lipinski definition) is 1. The van der Waals surface area contributed by atoms with Crippen molar-refractivity contribution in [2.24, 2.45) is 5.92 Å². The second-order valence-electron chi connectivity index (χ2n) is 8.98. The van der Waals surface area contributed by atoms with Crippen LogP contribution in [0.25, 0.3) is 11.1 Å². The highest BCUT2D eigenvalue weighted by molar-refractivity contribution is 6.30. The van der Waals surface area contributed by atoms with Gasteiger partial charge in [0.15, 0.2) is 0 Å². The number of urea groups is 1. The van der Waals surface area contributed by atoms with Crippen molar-refractivity contribution in [1.82, 2.24) is 14.5 Å². The number of nitrogens with zero attached hydrogens (tertiary/aromatic N) is 3. The van der Waals surface area contributed by atoms with Gasteiger partial charge in [0, 0.05) is 36.1 Å². The molecule has 1 N–H and O–H groups in total. The van der Waals surface area contributed by atoms with Crippen LogP contribution in [0, 0.1) is 5.92 Å².